The van der Waals surface area contributed by atoms with E-state index in [2.05, 4.69) is 15.9 Å². The quantitative estimate of drug-likeness (QED) is 0.705. The van der Waals surface area contributed by atoms with E-state index in [1.54, 1.807) is 6.07 Å². The van der Waals surface area contributed by atoms with Gasteiger partial charge in [0, 0.05) is 10.4 Å². The molecule has 0 spiro atoms. The molecule has 0 saturated heterocycles. The van der Waals surface area contributed by atoms with Crippen LogP contribution in [0.15, 0.2) is 24.3 Å². The first-order chi connectivity index (χ1) is 6.65. The zero-order chi connectivity index (χ0) is 10.6. The Morgan fingerprint density at radius 2 is 2.29 bits per heavy atom. The monoisotopic (exact) mass is 276 g/mol. The summed E-state index contributed by atoms with van der Waals surface area (Å²) in [5.41, 5.74) is 1.78. The van der Waals surface area contributed by atoms with Crippen LogP contribution in [-0.2, 0) is 0 Å². The van der Waals surface area contributed by atoms with Crippen LogP contribution in [0.3, 0.4) is 0 Å². The summed E-state index contributed by atoms with van der Waals surface area (Å²) in [5.74, 6) is -0.254. The first-order valence-corrected chi connectivity index (χ1v) is 5.83. The lowest BCUT2D eigenvalue weighted by atomic mass is 10.1. The minimum atomic E-state index is -0.254. The molecular weight excluding hydrogens is 266 g/mol. The van der Waals surface area contributed by atoms with Gasteiger partial charge < -0.3 is 0 Å². The van der Waals surface area contributed by atoms with E-state index >= 15 is 0 Å². The van der Waals surface area contributed by atoms with Gasteiger partial charge >= 0.3 is 0 Å². The summed E-state index contributed by atoms with van der Waals surface area (Å²) in [6, 6.07) is 4.41. The number of hydrogen-bond donors (Lipinski definition) is 0. The number of halogens is 3. The van der Waals surface area contributed by atoms with Gasteiger partial charge in [0.2, 0.25) is 0 Å². The molecule has 0 aliphatic heterocycles. The van der Waals surface area contributed by atoms with Crippen molar-refractivity contribution in [3.05, 3.63) is 40.7 Å². The standard InChI is InChI=1S/C11H11BrClF/c1-8(3-2-6-12)10-7-9(14)4-5-11(10)13/h3-5,7H,2,6H2,1H3/b8-3-. The minimum Gasteiger partial charge on any atom is -0.207 e. The average molecular weight is 278 g/mol. The molecule has 1 rings (SSSR count). The summed E-state index contributed by atoms with van der Waals surface area (Å²) < 4.78 is 12.9. The van der Waals surface area contributed by atoms with Crippen molar-refractivity contribution in [2.75, 3.05) is 5.33 Å². The van der Waals surface area contributed by atoms with Crippen LogP contribution in [0.5, 0.6) is 0 Å². The van der Waals surface area contributed by atoms with Gasteiger partial charge in [-0.25, -0.2) is 4.39 Å². The van der Waals surface area contributed by atoms with Crippen LogP contribution >= 0.6 is 27.5 Å². The van der Waals surface area contributed by atoms with Crippen molar-refractivity contribution >= 4 is 33.1 Å². The van der Waals surface area contributed by atoms with Crippen LogP contribution in [0.4, 0.5) is 4.39 Å². The Morgan fingerprint density at radius 1 is 1.57 bits per heavy atom. The van der Waals surface area contributed by atoms with Gasteiger partial charge in [-0.05, 0) is 42.7 Å². The van der Waals surface area contributed by atoms with Crippen molar-refractivity contribution in [2.24, 2.45) is 0 Å². The molecule has 0 N–H and O–H groups in total. The zero-order valence-electron chi connectivity index (χ0n) is 7.86. The normalized spacial score (nSPS) is 11.9. The average Bonchev–Trinajstić information content (AvgIpc) is 2.18. The van der Waals surface area contributed by atoms with E-state index in [1.165, 1.54) is 12.1 Å². The molecule has 1 aromatic rings. The van der Waals surface area contributed by atoms with Crippen molar-refractivity contribution in [2.45, 2.75) is 13.3 Å². The van der Waals surface area contributed by atoms with Gasteiger partial charge in [-0.3, -0.25) is 0 Å². The topological polar surface area (TPSA) is 0 Å². The van der Waals surface area contributed by atoms with Gasteiger partial charge in [0.05, 0.1) is 0 Å². The number of alkyl halides is 1. The third kappa shape index (κ3) is 3.10. The molecule has 0 aliphatic carbocycles. The number of benzene rings is 1. The van der Waals surface area contributed by atoms with Gasteiger partial charge in [0.25, 0.3) is 0 Å². The van der Waals surface area contributed by atoms with E-state index in [4.69, 9.17) is 11.6 Å². The smallest absolute Gasteiger partial charge is 0.123 e. The molecule has 0 unspecified atom stereocenters. The highest BCUT2D eigenvalue weighted by molar-refractivity contribution is 9.09. The van der Waals surface area contributed by atoms with E-state index in [0.717, 1.165) is 22.9 Å². The molecule has 0 aliphatic rings. The summed E-state index contributed by atoms with van der Waals surface area (Å²) in [7, 11) is 0. The molecule has 0 fully saturated rings. The van der Waals surface area contributed by atoms with E-state index in [0.29, 0.717) is 5.02 Å². The summed E-state index contributed by atoms with van der Waals surface area (Å²) in [4.78, 5) is 0. The van der Waals surface area contributed by atoms with Gasteiger partial charge in [0.1, 0.15) is 5.82 Å². The maximum Gasteiger partial charge on any atom is 0.123 e. The fraction of sp³-hybridized carbons (Fsp3) is 0.273. The third-order valence-electron chi connectivity index (χ3n) is 1.91. The van der Waals surface area contributed by atoms with E-state index in [-0.39, 0.29) is 5.82 Å². The molecule has 0 atom stereocenters. The Balaban J connectivity index is 2.99. The van der Waals surface area contributed by atoms with Gasteiger partial charge in [0.15, 0.2) is 0 Å². The van der Waals surface area contributed by atoms with Crippen LogP contribution in [0.2, 0.25) is 5.02 Å². The Labute approximate surface area is 96.9 Å². The highest BCUT2D eigenvalue weighted by Crippen LogP contribution is 2.24. The fourth-order valence-electron chi connectivity index (χ4n) is 1.18. The second kappa shape index (κ2) is 5.52. The van der Waals surface area contributed by atoms with Crippen molar-refractivity contribution in [3.8, 4) is 0 Å². The predicted molar refractivity (Wildman–Crippen MR) is 63.5 cm³/mol. The van der Waals surface area contributed by atoms with Gasteiger partial charge in [-0.15, -0.1) is 0 Å². The van der Waals surface area contributed by atoms with E-state index in [9.17, 15) is 4.39 Å². The lowest BCUT2D eigenvalue weighted by Gasteiger charge is -2.04. The van der Waals surface area contributed by atoms with Crippen molar-refractivity contribution in [1.82, 2.24) is 0 Å². The van der Waals surface area contributed by atoms with Crippen LogP contribution < -0.4 is 0 Å². The lowest BCUT2D eigenvalue weighted by Crippen LogP contribution is -1.85. The summed E-state index contributed by atoms with van der Waals surface area (Å²) in [6.45, 7) is 1.93. The SMILES string of the molecule is C/C(=C/CCBr)c1cc(F)ccc1Cl. The Kier molecular flexibility index (Phi) is 4.63. The molecule has 1 aromatic carbocycles. The molecule has 0 saturated carbocycles. The molecule has 0 radical (unpaired) electrons. The Morgan fingerprint density at radius 3 is 2.93 bits per heavy atom. The third-order valence-corrected chi connectivity index (χ3v) is 2.70. The number of hydrogen-bond acceptors (Lipinski definition) is 0. The van der Waals surface area contributed by atoms with Gasteiger partial charge in [-0.2, -0.15) is 0 Å². The first kappa shape index (κ1) is 11.7. The van der Waals surface area contributed by atoms with E-state index in [1.807, 2.05) is 13.0 Å². The molecule has 0 aromatic heterocycles. The second-order valence-corrected chi connectivity index (χ2v) is 4.19. The van der Waals surface area contributed by atoms with Crippen LogP contribution in [0, 0.1) is 5.82 Å². The summed E-state index contributed by atoms with van der Waals surface area (Å²) >= 11 is 9.28. The Bertz CT molecular complexity index is 347. The number of allylic oxidation sites excluding steroid dienone is 2. The lowest BCUT2D eigenvalue weighted by molar-refractivity contribution is 0.627. The predicted octanol–water partition coefficient (Wildman–Crippen LogP) is 4.67. The number of rotatable bonds is 3. The molecule has 0 nitrogen and oxygen atoms in total. The van der Waals surface area contributed by atoms with Crippen molar-refractivity contribution in [1.29, 1.82) is 0 Å². The first-order valence-electron chi connectivity index (χ1n) is 4.33. The van der Waals surface area contributed by atoms with Crippen LogP contribution in [0.25, 0.3) is 5.57 Å². The molecule has 0 heterocycles. The Hall–Kier alpha value is -0.340. The zero-order valence-corrected chi connectivity index (χ0v) is 10.2. The van der Waals surface area contributed by atoms with Gasteiger partial charge in [-0.1, -0.05) is 33.6 Å². The van der Waals surface area contributed by atoms with Crippen LogP contribution in [0.1, 0.15) is 18.9 Å². The largest absolute Gasteiger partial charge is 0.207 e. The summed E-state index contributed by atoms with van der Waals surface area (Å²) in [5, 5.41) is 1.49. The van der Waals surface area contributed by atoms with E-state index < -0.39 is 0 Å². The van der Waals surface area contributed by atoms with Crippen molar-refractivity contribution < 1.29 is 4.39 Å². The molecule has 76 valence electrons. The highest BCUT2D eigenvalue weighted by Gasteiger charge is 2.03. The fourth-order valence-corrected chi connectivity index (χ4v) is 1.68. The second-order valence-electron chi connectivity index (χ2n) is 2.99. The highest BCUT2D eigenvalue weighted by atomic mass is 79.9. The molecule has 14 heavy (non-hydrogen) atoms. The van der Waals surface area contributed by atoms with Crippen LogP contribution in [-0.4, -0.2) is 5.33 Å². The minimum absolute atomic E-state index is 0.254. The molecule has 0 bridgehead atoms. The maximum atomic E-state index is 12.9. The molecule has 3 heteroatoms. The maximum absolute atomic E-state index is 12.9. The van der Waals surface area contributed by atoms with Crippen molar-refractivity contribution in [3.63, 3.8) is 0 Å². The molecular formula is C11H11BrClF. The molecule has 0 amide bonds. The summed E-state index contributed by atoms with van der Waals surface area (Å²) in [6.07, 6.45) is 2.95.